The van der Waals surface area contributed by atoms with E-state index in [1.165, 1.54) is 44.5 Å². The van der Waals surface area contributed by atoms with Crippen LogP contribution in [0.5, 0.6) is 0 Å². The highest BCUT2D eigenvalue weighted by molar-refractivity contribution is 5.84. The third-order valence-electron chi connectivity index (χ3n) is 15.9. The van der Waals surface area contributed by atoms with Crippen molar-refractivity contribution in [2.75, 3.05) is 318 Å². The number of carbonyl (C=O) groups excluding carboxylic acids is 1. The molecule has 25 heteroatoms. The van der Waals surface area contributed by atoms with Crippen LogP contribution in [0, 0.1) is 6.92 Å². The minimum atomic E-state index is -0.236. The number of carbonyl (C=O) groups is 1. The van der Waals surface area contributed by atoms with Crippen LogP contribution in [0.4, 0.5) is 0 Å². The Hall–Kier alpha value is -3.63. The molecular weight excluding hydrogens is 1320 g/mol. The van der Waals surface area contributed by atoms with Crippen LogP contribution >= 0.6 is 0 Å². The second-order valence-corrected chi connectivity index (χ2v) is 23.8. The fraction of sp³-hybridized carbons (Fsp3) is 0.753. The number of aryl methyl sites for hydroxylation is 2. The molecule has 0 heterocycles. The van der Waals surface area contributed by atoms with Crippen molar-refractivity contribution in [2.45, 2.75) is 64.2 Å². The first-order valence-electron chi connectivity index (χ1n) is 37.0. The van der Waals surface area contributed by atoms with Crippen molar-refractivity contribution >= 4 is 5.78 Å². The summed E-state index contributed by atoms with van der Waals surface area (Å²) in [5, 5.41) is 0. The Morgan fingerprint density at radius 1 is 0.275 bits per heavy atom. The van der Waals surface area contributed by atoms with Crippen molar-refractivity contribution in [1.82, 2.24) is 0 Å². The van der Waals surface area contributed by atoms with Crippen LogP contribution in [0.1, 0.15) is 67.7 Å². The van der Waals surface area contributed by atoms with Crippen molar-refractivity contribution in [3.8, 4) is 22.3 Å². The molecule has 4 rings (SSSR count). The van der Waals surface area contributed by atoms with E-state index in [0.29, 0.717) is 310 Å². The minimum Gasteiger partial charge on any atom is -0.382 e. The molecule has 3 aromatic rings. The lowest BCUT2D eigenvalue weighted by molar-refractivity contribution is -0.117. The second-order valence-electron chi connectivity index (χ2n) is 23.8. The Kier molecular flexibility index (Phi) is 59.4. The molecule has 0 spiro atoms. The smallest absolute Gasteiger partial charge is 0.129 e. The lowest BCUT2D eigenvalue weighted by Crippen LogP contribution is -2.27. The molecule has 3 aromatic carbocycles. The molecule has 0 atom stereocenters. The number of methoxy groups -OCH3 is 2. The van der Waals surface area contributed by atoms with Gasteiger partial charge in [-0.1, -0.05) is 60.2 Å². The van der Waals surface area contributed by atoms with Gasteiger partial charge < -0.3 is 118 Å². The average Bonchev–Trinajstić information content (AvgIpc) is 1.57. The lowest BCUT2D eigenvalue weighted by Gasteiger charge is -2.33. The zero-order valence-corrected chi connectivity index (χ0v) is 62.5. The van der Waals surface area contributed by atoms with Crippen LogP contribution in [0.15, 0.2) is 60.7 Å². The Labute approximate surface area is 609 Å². The number of ketones is 1. The molecule has 0 saturated heterocycles. The van der Waals surface area contributed by atoms with E-state index in [0.717, 1.165) is 38.5 Å². The Bertz CT molecular complexity index is 2280. The number of rotatable bonds is 79. The highest BCUT2D eigenvalue weighted by atomic mass is 16.6. The van der Waals surface area contributed by atoms with Crippen molar-refractivity contribution in [1.29, 1.82) is 0 Å². The molecule has 0 aromatic heterocycles. The monoisotopic (exact) mass is 1450 g/mol. The van der Waals surface area contributed by atoms with E-state index in [9.17, 15) is 4.79 Å². The van der Waals surface area contributed by atoms with Gasteiger partial charge in [0.05, 0.1) is 291 Å². The third-order valence-corrected chi connectivity index (χ3v) is 15.9. The quantitative estimate of drug-likeness (QED) is 0.0486. The topological polar surface area (TPSA) is 239 Å². The van der Waals surface area contributed by atoms with E-state index < -0.39 is 0 Å². The Morgan fingerprint density at radius 3 is 0.775 bits per heavy atom. The van der Waals surface area contributed by atoms with Crippen LogP contribution in [0.3, 0.4) is 0 Å². The molecule has 0 unspecified atom stereocenters. The van der Waals surface area contributed by atoms with Gasteiger partial charge in [-0.3, -0.25) is 0 Å². The fourth-order valence-electron chi connectivity index (χ4n) is 10.7. The molecule has 0 N–H and O–H groups in total. The van der Waals surface area contributed by atoms with Crippen molar-refractivity contribution in [3.05, 3.63) is 82.9 Å². The molecule has 25 nitrogen and oxygen atoms in total. The molecule has 1 aliphatic carbocycles. The summed E-state index contributed by atoms with van der Waals surface area (Å²) in [7, 11) is 3.29. The summed E-state index contributed by atoms with van der Waals surface area (Å²) in [6.07, 6.45) is 5.94. The zero-order chi connectivity index (χ0) is 72.2. The third kappa shape index (κ3) is 47.1. The van der Waals surface area contributed by atoms with Gasteiger partial charge in [-0.25, -0.2) is 0 Å². The predicted molar refractivity (Wildman–Crippen MR) is 387 cm³/mol. The number of hydrogen-bond acceptors (Lipinski definition) is 25. The first-order chi connectivity index (χ1) is 50.5. The standard InChI is InChI=1S/C77H128O25/c1-68-10-16-73-74-17-15-72(71-13-11-70(12-14-71)9-5-8-69(2)78)67-76(74)77(75(73)66-68,18-6-20-81-26-28-85-34-36-89-42-44-93-50-52-97-58-60-101-64-62-99-56-54-95-48-46-91-40-38-87-32-30-83-24-22-79-3)19-7-21-82-27-29-86-35-37-90-43-45-94-51-53-98-59-61-102-65-63-100-57-55-96-49-47-92-41-39-88-33-31-84-25-23-80-4/h10-17,66-67H,5-9,18-65H2,1-4H3. The summed E-state index contributed by atoms with van der Waals surface area (Å²) >= 11 is 0. The van der Waals surface area contributed by atoms with Crippen LogP contribution < -0.4 is 0 Å². The number of fused-ring (bicyclic) bond motifs is 3. The first-order valence-corrected chi connectivity index (χ1v) is 37.0. The van der Waals surface area contributed by atoms with Gasteiger partial charge in [-0.15, -0.1) is 0 Å². The largest absolute Gasteiger partial charge is 0.382 e. The maximum absolute atomic E-state index is 11.6. The van der Waals surface area contributed by atoms with Gasteiger partial charge in [-0.05, 0) is 97.4 Å². The van der Waals surface area contributed by atoms with Gasteiger partial charge >= 0.3 is 0 Å². The molecule has 0 fully saturated rings. The van der Waals surface area contributed by atoms with Gasteiger partial charge in [0.1, 0.15) is 5.78 Å². The van der Waals surface area contributed by atoms with Gasteiger partial charge in [0, 0.05) is 39.3 Å². The molecule has 0 aliphatic heterocycles. The molecule has 0 radical (unpaired) electrons. The molecule has 102 heavy (non-hydrogen) atoms. The predicted octanol–water partition coefficient (Wildman–Crippen LogP) is 8.06. The van der Waals surface area contributed by atoms with E-state index in [2.05, 4.69) is 67.6 Å². The van der Waals surface area contributed by atoms with E-state index in [-0.39, 0.29) is 11.2 Å². The summed E-state index contributed by atoms with van der Waals surface area (Å²) in [5.74, 6) is 0.230. The normalized spacial score (nSPS) is 12.5. The SMILES string of the molecule is COCCOCCOCCOCCOCCOCCOCCOCCOCCOCCOCCOCCCC1(CCCOCCOCCOCCOCCOCCOCCOCCOCCOCCOCCOCCOC)c2cc(C)ccc2-c2ccc(-c3ccc(CCCC(C)=O)cc3)cc21. The zero-order valence-electron chi connectivity index (χ0n) is 62.5. The maximum atomic E-state index is 11.6. The van der Waals surface area contributed by atoms with E-state index in [4.69, 9.17) is 114 Å². The molecule has 0 bridgehead atoms. The van der Waals surface area contributed by atoms with E-state index in [1.54, 1.807) is 21.1 Å². The second kappa shape index (κ2) is 66.8. The number of benzene rings is 3. The molecule has 0 amide bonds. The Morgan fingerprint density at radius 2 is 0.510 bits per heavy atom. The number of Topliss-reactive ketones (excluding diaryl/α,β-unsaturated/α-hetero) is 1. The summed E-state index contributed by atoms with van der Waals surface area (Å²) in [4.78, 5) is 11.6. The van der Waals surface area contributed by atoms with Crippen LogP contribution in [0.25, 0.3) is 22.3 Å². The minimum absolute atomic E-state index is 0.230. The fourth-order valence-corrected chi connectivity index (χ4v) is 10.7. The number of hydrogen-bond donors (Lipinski definition) is 0. The first kappa shape index (κ1) is 90.8. The van der Waals surface area contributed by atoms with Crippen molar-refractivity contribution in [3.63, 3.8) is 0 Å². The van der Waals surface area contributed by atoms with Crippen LogP contribution in [-0.4, -0.2) is 324 Å². The van der Waals surface area contributed by atoms with E-state index >= 15 is 0 Å². The van der Waals surface area contributed by atoms with Gasteiger partial charge in [-0.2, -0.15) is 0 Å². The van der Waals surface area contributed by atoms with Crippen molar-refractivity contribution in [2.24, 2.45) is 0 Å². The van der Waals surface area contributed by atoms with Gasteiger partial charge in [0.2, 0.25) is 0 Å². The highest BCUT2D eigenvalue weighted by Crippen LogP contribution is 2.55. The summed E-state index contributed by atoms with van der Waals surface area (Å²) in [6, 6.07) is 22.7. The summed E-state index contributed by atoms with van der Waals surface area (Å²) in [6.45, 7) is 27.2. The number of ether oxygens (including phenoxy) is 24. The Balaban J connectivity index is 1.00. The maximum Gasteiger partial charge on any atom is 0.129 e. The van der Waals surface area contributed by atoms with Crippen LogP contribution in [0.2, 0.25) is 0 Å². The molecular formula is C77H128O25. The van der Waals surface area contributed by atoms with E-state index in [1.807, 2.05) is 0 Å². The average molecular weight is 1450 g/mol. The molecule has 1 aliphatic rings. The summed E-state index contributed by atoms with van der Waals surface area (Å²) < 4.78 is 134. The lowest BCUT2D eigenvalue weighted by atomic mass is 9.71. The molecule has 0 saturated carbocycles. The molecule has 586 valence electrons. The van der Waals surface area contributed by atoms with Gasteiger partial charge in [0.15, 0.2) is 0 Å². The van der Waals surface area contributed by atoms with Crippen molar-refractivity contribution < 1.29 is 118 Å². The summed E-state index contributed by atoms with van der Waals surface area (Å²) in [5.41, 5.74) is 9.93. The highest BCUT2D eigenvalue weighted by Gasteiger charge is 2.42. The van der Waals surface area contributed by atoms with Crippen LogP contribution in [-0.2, 0) is 130 Å². The van der Waals surface area contributed by atoms with Gasteiger partial charge in [0.25, 0.3) is 0 Å².